The van der Waals surface area contributed by atoms with Crippen LogP contribution in [0.1, 0.15) is 37.2 Å². The number of fused-ring (bicyclic) bond motifs is 1. The summed E-state index contributed by atoms with van der Waals surface area (Å²) in [5, 5.41) is 18.4. The van der Waals surface area contributed by atoms with E-state index in [0.717, 1.165) is 23.9 Å². The third kappa shape index (κ3) is 5.92. The van der Waals surface area contributed by atoms with Crippen molar-refractivity contribution >= 4 is 27.4 Å². The molecule has 2 aromatic rings. The van der Waals surface area contributed by atoms with E-state index >= 15 is 0 Å². The highest BCUT2D eigenvalue weighted by atomic mass is 32.1. The summed E-state index contributed by atoms with van der Waals surface area (Å²) in [6, 6.07) is 10.3. The van der Waals surface area contributed by atoms with E-state index in [9.17, 15) is 5.11 Å². The lowest BCUT2D eigenvalue weighted by molar-refractivity contribution is 0.184. The highest BCUT2D eigenvalue weighted by Crippen LogP contribution is 2.29. The molecule has 1 saturated heterocycles. The third-order valence-electron chi connectivity index (χ3n) is 5.10. The molecule has 1 aliphatic heterocycles. The zero-order valence-electron chi connectivity index (χ0n) is 16.4. The number of rotatable bonds is 7. The summed E-state index contributed by atoms with van der Waals surface area (Å²) in [6.45, 7) is 7.22. The Kier molecular flexibility index (Phi) is 7.50. The van der Waals surface area contributed by atoms with Gasteiger partial charge in [0, 0.05) is 36.3 Å². The number of piperidine rings is 1. The Morgan fingerprint density at radius 2 is 1.93 bits per heavy atom. The van der Waals surface area contributed by atoms with E-state index in [4.69, 9.17) is 0 Å². The molecular formula is C21H32N4OS. The topological polar surface area (TPSA) is 59.9 Å². The molecule has 5 nitrogen and oxygen atoms in total. The molecule has 1 aromatic carbocycles. The number of nitrogens with one attached hydrogen (secondary N) is 2. The van der Waals surface area contributed by atoms with Crippen LogP contribution < -0.4 is 10.6 Å². The first-order valence-electron chi connectivity index (χ1n) is 9.99. The van der Waals surface area contributed by atoms with Crippen LogP contribution in [-0.2, 0) is 0 Å². The molecule has 1 aromatic heterocycles. The summed E-state index contributed by atoms with van der Waals surface area (Å²) in [5.41, 5.74) is 0. The fourth-order valence-corrected chi connectivity index (χ4v) is 4.65. The van der Waals surface area contributed by atoms with Crippen LogP contribution in [0, 0.1) is 5.92 Å². The predicted molar refractivity (Wildman–Crippen MR) is 116 cm³/mol. The summed E-state index contributed by atoms with van der Waals surface area (Å²) in [4.78, 5) is 7.84. The van der Waals surface area contributed by atoms with Gasteiger partial charge in [0.15, 0.2) is 5.96 Å². The number of thiophene rings is 1. The molecule has 0 bridgehead atoms. The van der Waals surface area contributed by atoms with Gasteiger partial charge in [-0.05, 0) is 49.4 Å². The first-order valence-corrected chi connectivity index (χ1v) is 10.8. The highest BCUT2D eigenvalue weighted by Gasteiger charge is 2.15. The minimum absolute atomic E-state index is 0.451. The Morgan fingerprint density at radius 1 is 1.19 bits per heavy atom. The van der Waals surface area contributed by atoms with Gasteiger partial charge in [-0.25, -0.2) is 0 Å². The Balaban J connectivity index is 1.42. The maximum Gasteiger partial charge on any atom is 0.191 e. The fraction of sp³-hybridized carbons (Fsp3) is 0.571. The minimum Gasteiger partial charge on any atom is -0.386 e. The number of likely N-dealkylation sites (tertiary alicyclic amines) is 1. The van der Waals surface area contributed by atoms with Crippen LogP contribution in [0.3, 0.4) is 0 Å². The molecule has 148 valence electrons. The first-order chi connectivity index (χ1) is 13.2. The number of guanidine groups is 1. The van der Waals surface area contributed by atoms with Gasteiger partial charge in [0.1, 0.15) is 6.10 Å². The zero-order valence-corrected chi connectivity index (χ0v) is 17.3. The van der Waals surface area contributed by atoms with Crippen molar-refractivity contribution in [2.45, 2.75) is 32.3 Å². The molecule has 2 atom stereocenters. The lowest BCUT2D eigenvalue weighted by Crippen LogP contribution is -2.43. The molecule has 3 rings (SSSR count). The van der Waals surface area contributed by atoms with E-state index in [1.54, 1.807) is 18.4 Å². The normalized spacial score (nSPS) is 18.4. The van der Waals surface area contributed by atoms with Gasteiger partial charge in [-0.15, -0.1) is 11.3 Å². The maximum absolute atomic E-state index is 10.5. The second-order valence-corrected chi connectivity index (χ2v) is 8.62. The lowest BCUT2D eigenvalue weighted by atomic mass is 10.1. The molecule has 1 aliphatic rings. The quantitative estimate of drug-likeness (QED) is 0.503. The second-order valence-electron chi connectivity index (χ2n) is 7.50. The van der Waals surface area contributed by atoms with Gasteiger partial charge in [0.25, 0.3) is 0 Å². The molecule has 1 fully saturated rings. The van der Waals surface area contributed by atoms with Crippen molar-refractivity contribution in [3.63, 3.8) is 0 Å². The van der Waals surface area contributed by atoms with Gasteiger partial charge >= 0.3 is 0 Å². The smallest absolute Gasteiger partial charge is 0.191 e. The molecule has 3 N–H and O–H groups in total. The van der Waals surface area contributed by atoms with Gasteiger partial charge < -0.3 is 20.6 Å². The molecule has 2 heterocycles. The number of benzene rings is 1. The summed E-state index contributed by atoms with van der Waals surface area (Å²) in [7, 11) is 1.77. The van der Waals surface area contributed by atoms with Crippen molar-refractivity contribution in [3.8, 4) is 0 Å². The number of aliphatic hydroxyl groups excluding tert-OH is 1. The van der Waals surface area contributed by atoms with Crippen LogP contribution in [0.2, 0.25) is 0 Å². The van der Waals surface area contributed by atoms with Crippen LogP contribution in [-0.4, -0.2) is 55.7 Å². The zero-order chi connectivity index (χ0) is 19.1. The number of hydrogen-bond donors (Lipinski definition) is 3. The van der Waals surface area contributed by atoms with E-state index in [1.807, 2.05) is 12.1 Å². The van der Waals surface area contributed by atoms with Gasteiger partial charge in [-0.2, -0.15) is 0 Å². The van der Waals surface area contributed by atoms with Crippen LogP contribution in [0.15, 0.2) is 35.3 Å². The number of aliphatic hydroxyl groups is 1. The second kappa shape index (κ2) is 10.1. The van der Waals surface area contributed by atoms with Crippen LogP contribution >= 0.6 is 11.3 Å². The van der Waals surface area contributed by atoms with Crippen LogP contribution in [0.4, 0.5) is 0 Å². The van der Waals surface area contributed by atoms with Gasteiger partial charge in [0.05, 0.1) is 0 Å². The largest absolute Gasteiger partial charge is 0.386 e. The molecule has 0 spiro atoms. The molecule has 27 heavy (non-hydrogen) atoms. The first kappa shape index (κ1) is 20.1. The number of hydrogen-bond acceptors (Lipinski definition) is 4. The Bertz CT molecular complexity index is 706. The summed E-state index contributed by atoms with van der Waals surface area (Å²) in [5.74, 6) is 1.31. The maximum atomic E-state index is 10.5. The Labute approximate surface area is 166 Å². The van der Waals surface area contributed by atoms with Crippen LogP contribution in [0.25, 0.3) is 10.1 Å². The molecule has 0 amide bonds. The van der Waals surface area contributed by atoms with Gasteiger partial charge in [-0.1, -0.05) is 31.5 Å². The lowest BCUT2D eigenvalue weighted by Gasteiger charge is -2.29. The van der Waals surface area contributed by atoms with Crippen molar-refractivity contribution in [2.24, 2.45) is 10.9 Å². The average molecular weight is 389 g/mol. The summed E-state index contributed by atoms with van der Waals surface area (Å²) >= 11 is 1.65. The molecular weight excluding hydrogens is 356 g/mol. The SMILES string of the molecule is CN=C(NCC(C)CN1CCCCC1)NCC(O)c1cc2ccccc2s1. The minimum atomic E-state index is -0.535. The van der Waals surface area contributed by atoms with Crippen molar-refractivity contribution < 1.29 is 5.11 Å². The van der Waals surface area contributed by atoms with E-state index in [1.165, 1.54) is 42.4 Å². The van der Waals surface area contributed by atoms with Crippen molar-refractivity contribution in [1.29, 1.82) is 0 Å². The summed E-state index contributed by atoms with van der Waals surface area (Å²) < 4.78 is 1.21. The van der Waals surface area contributed by atoms with Crippen molar-refractivity contribution in [2.75, 3.05) is 39.8 Å². The molecule has 0 radical (unpaired) electrons. The molecule has 0 saturated carbocycles. The fourth-order valence-electron chi connectivity index (χ4n) is 3.60. The molecule has 6 heteroatoms. The van der Waals surface area contributed by atoms with E-state index in [0.29, 0.717) is 12.5 Å². The average Bonchev–Trinajstić information content (AvgIpc) is 3.13. The van der Waals surface area contributed by atoms with E-state index < -0.39 is 6.10 Å². The highest BCUT2D eigenvalue weighted by molar-refractivity contribution is 7.19. The van der Waals surface area contributed by atoms with Crippen molar-refractivity contribution in [1.82, 2.24) is 15.5 Å². The number of nitrogens with zero attached hydrogens (tertiary/aromatic N) is 2. The Morgan fingerprint density at radius 3 is 2.67 bits per heavy atom. The monoisotopic (exact) mass is 388 g/mol. The van der Waals surface area contributed by atoms with Gasteiger partial charge in [0.2, 0.25) is 0 Å². The standard InChI is InChI=1S/C21H32N4OS/c1-16(15-25-10-6-3-7-11-25)13-23-21(22-2)24-14-18(26)20-12-17-8-4-5-9-19(17)27-20/h4-5,8-9,12,16,18,26H,3,6-7,10-11,13-15H2,1-2H3,(H2,22,23,24). The van der Waals surface area contributed by atoms with Gasteiger partial charge in [-0.3, -0.25) is 4.99 Å². The number of aliphatic imine (C=N–C) groups is 1. The van der Waals surface area contributed by atoms with Crippen molar-refractivity contribution in [3.05, 3.63) is 35.2 Å². The van der Waals surface area contributed by atoms with E-state index in [2.05, 4.69) is 45.6 Å². The summed E-state index contributed by atoms with van der Waals surface area (Å²) in [6.07, 6.45) is 3.51. The van der Waals surface area contributed by atoms with Crippen LogP contribution in [0.5, 0.6) is 0 Å². The third-order valence-corrected chi connectivity index (χ3v) is 6.31. The Hall–Kier alpha value is -1.63. The van der Waals surface area contributed by atoms with E-state index in [-0.39, 0.29) is 0 Å². The molecule has 2 unspecified atom stereocenters. The molecule has 0 aliphatic carbocycles. The predicted octanol–water partition coefficient (Wildman–Crippen LogP) is 3.22.